The predicted octanol–water partition coefficient (Wildman–Crippen LogP) is 5.04. The molecule has 0 aliphatic rings. The van der Waals surface area contributed by atoms with Crippen LogP contribution in [0.3, 0.4) is 0 Å². The van der Waals surface area contributed by atoms with Crippen LogP contribution in [0.15, 0.2) is 114 Å². The number of phenols is 1. The minimum atomic E-state index is -2.22. The third kappa shape index (κ3) is 7.39. The van der Waals surface area contributed by atoms with Crippen molar-refractivity contribution in [3.05, 3.63) is 152 Å². The summed E-state index contributed by atoms with van der Waals surface area (Å²) < 4.78 is 5.52. The van der Waals surface area contributed by atoms with E-state index in [2.05, 4.69) is 15.6 Å². The SMILES string of the molecule is COc1cc(CNCC(O)c2ccc(O)c3[nH]c(=O)ccc23)ccc1C(=O)NCc1ccc(-c2cccc(C(O)(C(=O)O)c3ccccc3)c2)s1. The van der Waals surface area contributed by atoms with Gasteiger partial charge in [-0.3, -0.25) is 9.59 Å². The fourth-order valence-electron chi connectivity index (χ4n) is 5.93. The van der Waals surface area contributed by atoms with Gasteiger partial charge in [0.05, 0.1) is 30.8 Å². The van der Waals surface area contributed by atoms with E-state index in [4.69, 9.17) is 4.74 Å². The molecule has 6 aromatic rings. The molecule has 2 unspecified atom stereocenters. The van der Waals surface area contributed by atoms with E-state index in [1.165, 1.54) is 30.6 Å². The van der Waals surface area contributed by atoms with Crippen molar-refractivity contribution in [2.24, 2.45) is 0 Å². The molecule has 0 spiro atoms. The van der Waals surface area contributed by atoms with Gasteiger partial charge in [0.25, 0.3) is 5.91 Å². The first-order valence-corrected chi connectivity index (χ1v) is 16.8. The first-order chi connectivity index (χ1) is 24.6. The average Bonchev–Trinajstić information content (AvgIpc) is 3.63. The highest BCUT2D eigenvalue weighted by Crippen LogP contribution is 2.35. The molecule has 0 saturated heterocycles. The van der Waals surface area contributed by atoms with Crippen molar-refractivity contribution in [2.45, 2.75) is 24.8 Å². The Morgan fingerprint density at radius 2 is 1.69 bits per heavy atom. The van der Waals surface area contributed by atoms with E-state index in [9.17, 15) is 34.8 Å². The molecule has 6 rings (SSSR count). The van der Waals surface area contributed by atoms with Crippen LogP contribution in [0.1, 0.15) is 43.6 Å². The number of carbonyl (C=O) groups excluding carboxylic acids is 1. The summed E-state index contributed by atoms with van der Waals surface area (Å²) in [6, 6.07) is 30.0. The van der Waals surface area contributed by atoms with E-state index in [-0.39, 0.29) is 46.9 Å². The number of aromatic amines is 1. The van der Waals surface area contributed by atoms with Crippen LogP contribution in [0, 0.1) is 0 Å². The number of aromatic nitrogens is 1. The second kappa shape index (κ2) is 15.0. The Balaban J connectivity index is 1.08. The van der Waals surface area contributed by atoms with Crippen LogP contribution >= 0.6 is 11.3 Å². The molecule has 0 aliphatic carbocycles. The van der Waals surface area contributed by atoms with Crippen molar-refractivity contribution in [3.63, 3.8) is 0 Å². The van der Waals surface area contributed by atoms with Crippen molar-refractivity contribution in [3.8, 4) is 21.9 Å². The highest BCUT2D eigenvalue weighted by atomic mass is 32.1. The zero-order valence-electron chi connectivity index (χ0n) is 27.4. The number of H-pyrrole nitrogens is 1. The van der Waals surface area contributed by atoms with E-state index in [1.807, 2.05) is 18.2 Å². The molecule has 2 heterocycles. The molecule has 260 valence electrons. The monoisotopic (exact) mass is 705 g/mol. The standard InChI is InChI=1S/C39H35N3O8S/c1-50-33-18-23(20-40-22-32(44)28-13-15-31(43)36-29(28)14-17-35(45)42-36)10-12-30(33)37(46)41-21-27-11-16-34(51-27)24-6-5-9-26(19-24)39(49,38(47)48)25-7-3-2-4-8-25/h2-19,32,40,43-44,49H,20-22H2,1H3,(H,41,46)(H,42,45)(H,47,48). The van der Waals surface area contributed by atoms with Crippen molar-refractivity contribution in [1.82, 2.24) is 15.6 Å². The number of hydrogen-bond donors (Lipinski definition) is 7. The lowest BCUT2D eigenvalue weighted by molar-refractivity contribution is -0.155. The maximum absolute atomic E-state index is 13.2. The van der Waals surface area contributed by atoms with Gasteiger partial charge in [0.2, 0.25) is 11.2 Å². The summed E-state index contributed by atoms with van der Waals surface area (Å²) in [6.07, 6.45) is -0.921. The van der Waals surface area contributed by atoms with Crippen LogP contribution in [0.2, 0.25) is 0 Å². The van der Waals surface area contributed by atoms with Crippen molar-refractivity contribution in [2.75, 3.05) is 13.7 Å². The largest absolute Gasteiger partial charge is 0.506 e. The van der Waals surface area contributed by atoms with E-state index >= 15 is 0 Å². The molecule has 1 amide bonds. The van der Waals surface area contributed by atoms with Crippen LogP contribution < -0.4 is 20.9 Å². The van der Waals surface area contributed by atoms with Crippen molar-refractivity contribution in [1.29, 1.82) is 0 Å². The normalized spacial score (nSPS) is 13.0. The number of aromatic hydroxyl groups is 1. The van der Waals surface area contributed by atoms with E-state index in [0.29, 0.717) is 28.8 Å². The number of aliphatic carboxylic acids is 1. The first-order valence-electron chi connectivity index (χ1n) is 16.0. The number of benzene rings is 4. The summed E-state index contributed by atoms with van der Waals surface area (Å²) in [5.74, 6) is -1.40. The molecule has 0 saturated carbocycles. The van der Waals surface area contributed by atoms with Gasteiger partial charge >= 0.3 is 5.97 Å². The number of fused-ring (bicyclic) bond motifs is 1. The van der Waals surface area contributed by atoms with Crippen LogP contribution in [0.4, 0.5) is 0 Å². The quantitative estimate of drug-likeness (QED) is 0.0866. The van der Waals surface area contributed by atoms with Gasteiger partial charge in [-0.25, -0.2) is 4.79 Å². The summed E-state index contributed by atoms with van der Waals surface area (Å²) in [5, 5.41) is 48.9. The zero-order chi connectivity index (χ0) is 36.1. The van der Waals surface area contributed by atoms with E-state index in [0.717, 1.165) is 20.9 Å². The topological polar surface area (TPSA) is 181 Å². The van der Waals surface area contributed by atoms with Gasteiger partial charge in [0.1, 0.15) is 11.5 Å². The molecular weight excluding hydrogens is 671 g/mol. The Labute approximate surface area is 296 Å². The molecule has 0 bridgehead atoms. The van der Waals surface area contributed by atoms with Gasteiger partial charge in [-0.2, -0.15) is 0 Å². The predicted molar refractivity (Wildman–Crippen MR) is 194 cm³/mol. The number of methoxy groups -OCH3 is 1. The lowest BCUT2D eigenvalue weighted by Crippen LogP contribution is -2.36. The summed E-state index contributed by atoms with van der Waals surface area (Å²) in [6.45, 7) is 0.803. The second-order valence-electron chi connectivity index (χ2n) is 11.9. The maximum atomic E-state index is 13.2. The molecule has 4 aromatic carbocycles. The number of thiophene rings is 1. The number of nitrogens with one attached hydrogen (secondary N) is 3. The highest BCUT2D eigenvalue weighted by molar-refractivity contribution is 7.15. The lowest BCUT2D eigenvalue weighted by atomic mass is 9.85. The number of carboxylic acid groups (broad SMARTS) is 1. The van der Waals surface area contributed by atoms with E-state index in [1.54, 1.807) is 78.9 Å². The number of phenolic OH excluding ortho intramolecular Hbond substituents is 1. The molecule has 0 radical (unpaired) electrons. The summed E-state index contributed by atoms with van der Waals surface area (Å²) in [4.78, 5) is 41.5. The van der Waals surface area contributed by atoms with Gasteiger partial charge in [-0.1, -0.05) is 60.7 Å². The third-order valence-corrected chi connectivity index (χ3v) is 9.73. The molecular formula is C39H35N3O8S. The number of pyridine rings is 1. The smallest absolute Gasteiger partial charge is 0.345 e. The molecule has 11 nitrogen and oxygen atoms in total. The minimum absolute atomic E-state index is 0.0815. The Hall–Kier alpha value is -5.79. The number of hydrogen-bond acceptors (Lipinski definition) is 9. The number of carbonyl (C=O) groups is 2. The zero-order valence-corrected chi connectivity index (χ0v) is 28.2. The molecule has 2 atom stereocenters. The summed E-state index contributed by atoms with van der Waals surface area (Å²) in [5.41, 5.74) is 0.629. The fraction of sp³-hybridized carbons (Fsp3) is 0.154. The highest BCUT2D eigenvalue weighted by Gasteiger charge is 2.40. The number of amides is 1. The van der Waals surface area contributed by atoms with Gasteiger partial charge < -0.3 is 40.8 Å². The van der Waals surface area contributed by atoms with Gasteiger partial charge in [-0.15, -0.1) is 11.3 Å². The van der Waals surface area contributed by atoms with Crippen molar-refractivity contribution >= 4 is 34.1 Å². The van der Waals surface area contributed by atoms with Crippen LogP contribution in [0.5, 0.6) is 11.5 Å². The number of aliphatic hydroxyl groups is 2. The molecule has 0 fully saturated rings. The first kappa shape index (κ1) is 35.1. The van der Waals surface area contributed by atoms with Gasteiger partial charge in [0, 0.05) is 39.9 Å². The van der Waals surface area contributed by atoms with E-state index < -0.39 is 17.7 Å². The van der Waals surface area contributed by atoms with Crippen LogP contribution in [-0.2, 0) is 23.5 Å². The van der Waals surface area contributed by atoms with Gasteiger partial charge in [-0.05, 0) is 64.7 Å². The molecule has 12 heteroatoms. The van der Waals surface area contributed by atoms with Gasteiger partial charge in [0.15, 0.2) is 0 Å². The fourth-order valence-corrected chi connectivity index (χ4v) is 6.87. The Kier molecular flexibility index (Phi) is 10.3. The number of aliphatic hydroxyl groups excluding tert-OH is 1. The second-order valence-corrected chi connectivity index (χ2v) is 13.0. The number of carboxylic acids is 1. The molecule has 51 heavy (non-hydrogen) atoms. The Bertz CT molecular complexity index is 2270. The lowest BCUT2D eigenvalue weighted by Gasteiger charge is -2.25. The summed E-state index contributed by atoms with van der Waals surface area (Å²) in [7, 11) is 1.48. The molecule has 2 aromatic heterocycles. The Morgan fingerprint density at radius 3 is 2.45 bits per heavy atom. The average molecular weight is 706 g/mol. The van der Waals surface area contributed by atoms with Crippen molar-refractivity contribution < 1.29 is 34.8 Å². The van der Waals surface area contributed by atoms with Crippen LogP contribution in [0.25, 0.3) is 21.3 Å². The third-order valence-electron chi connectivity index (χ3n) is 8.59. The maximum Gasteiger partial charge on any atom is 0.345 e. The molecule has 0 aliphatic heterocycles. The Morgan fingerprint density at radius 1 is 0.902 bits per heavy atom. The molecule has 7 N–H and O–H groups in total. The summed E-state index contributed by atoms with van der Waals surface area (Å²) >= 11 is 1.44. The minimum Gasteiger partial charge on any atom is -0.506 e. The number of rotatable bonds is 13. The number of ether oxygens (including phenoxy) is 1. The van der Waals surface area contributed by atoms with Crippen LogP contribution in [-0.4, -0.2) is 50.9 Å².